The molecule has 0 bridgehead atoms. The van der Waals surface area contributed by atoms with Gasteiger partial charge in [0.1, 0.15) is 11.5 Å². The Morgan fingerprint density at radius 1 is 1.10 bits per heavy atom. The molecule has 1 N–H and O–H groups in total. The zero-order chi connectivity index (χ0) is 14.8. The molecule has 1 aromatic rings. The van der Waals surface area contributed by atoms with Crippen molar-refractivity contribution >= 4 is 5.71 Å². The van der Waals surface area contributed by atoms with Gasteiger partial charge < -0.3 is 14.7 Å². The first kappa shape index (κ1) is 16.3. The summed E-state index contributed by atoms with van der Waals surface area (Å²) in [6.45, 7) is 2.20. The minimum absolute atomic E-state index is 0.668. The highest BCUT2D eigenvalue weighted by Gasteiger charge is 2.12. The second-order valence-electron chi connectivity index (χ2n) is 4.78. The van der Waals surface area contributed by atoms with Crippen molar-refractivity contribution < 1.29 is 14.7 Å². The molecule has 4 nitrogen and oxygen atoms in total. The Morgan fingerprint density at radius 3 is 2.45 bits per heavy atom. The molecule has 1 aromatic carbocycles. The van der Waals surface area contributed by atoms with E-state index in [1.807, 2.05) is 12.1 Å². The first-order chi connectivity index (χ1) is 9.76. The van der Waals surface area contributed by atoms with Crippen molar-refractivity contribution in [1.82, 2.24) is 0 Å². The molecule has 112 valence electrons. The number of hydrogen-bond acceptors (Lipinski definition) is 4. The van der Waals surface area contributed by atoms with Crippen molar-refractivity contribution in [2.24, 2.45) is 5.16 Å². The number of oxime groups is 1. The second kappa shape index (κ2) is 9.23. The van der Waals surface area contributed by atoms with Gasteiger partial charge in [-0.05, 0) is 25.0 Å². The zero-order valence-corrected chi connectivity index (χ0v) is 12.7. The molecule has 0 aliphatic carbocycles. The quantitative estimate of drug-likeness (QED) is 0.318. The maximum absolute atomic E-state index is 9.23. The Bertz CT molecular complexity index is 430. The van der Waals surface area contributed by atoms with Crippen LogP contribution in [-0.2, 0) is 0 Å². The van der Waals surface area contributed by atoms with Crippen LogP contribution in [0.3, 0.4) is 0 Å². The van der Waals surface area contributed by atoms with E-state index >= 15 is 0 Å². The SMILES string of the molecule is CCCCCCC/C(=N\O)c1ccc(OC)cc1OC. The van der Waals surface area contributed by atoms with E-state index < -0.39 is 0 Å². The van der Waals surface area contributed by atoms with Gasteiger partial charge in [0.15, 0.2) is 0 Å². The lowest BCUT2D eigenvalue weighted by molar-refractivity contribution is 0.317. The van der Waals surface area contributed by atoms with Crippen LogP contribution in [0.2, 0.25) is 0 Å². The summed E-state index contributed by atoms with van der Waals surface area (Å²) in [6, 6.07) is 5.52. The molecule has 1 rings (SSSR count). The molecule has 0 unspecified atom stereocenters. The summed E-state index contributed by atoms with van der Waals surface area (Å²) in [6.07, 6.45) is 6.66. The molecule has 0 saturated heterocycles. The van der Waals surface area contributed by atoms with E-state index in [1.165, 1.54) is 19.3 Å². The van der Waals surface area contributed by atoms with Crippen molar-refractivity contribution in [3.05, 3.63) is 23.8 Å². The molecule has 0 aromatic heterocycles. The summed E-state index contributed by atoms with van der Waals surface area (Å²) in [4.78, 5) is 0. The van der Waals surface area contributed by atoms with Crippen LogP contribution in [0, 0.1) is 0 Å². The molecule has 0 heterocycles. The number of methoxy groups -OCH3 is 2. The molecular weight excluding hydrogens is 254 g/mol. The van der Waals surface area contributed by atoms with Gasteiger partial charge in [0.25, 0.3) is 0 Å². The molecule has 20 heavy (non-hydrogen) atoms. The molecule has 4 heteroatoms. The lowest BCUT2D eigenvalue weighted by Crippen LogP contribution is -2.04. The molecule has 0 fully saturated rings. The van der Waals surface area contributed by atoms with Crippen molar-refractivity contribution in [1.29, 1.82) is 0 Å². The fourth-order valence-electron chi connectivity index (χ4n) is 2.17. The van der Waals surface area contributed by atoms with Crippen molar-refractivity contribution in [2.45, 2.75) is 45.4 Å². The molecule has 0 radical (unpaired) electrons. The van der Waals surface area contributed by atoms with Gasteiger partial charge in [0, 0.05) is 11.6 Å². The third kappa shape index (κ3) is 4.76. The average molecular weight is 279 g/mol. The van der Waals surface area contributed by atoms with Gasteiger partial charge in [0.05, 0.1) is 19.9 Å². The van der Waals surface area contributed by atoms with Crippen LogP contribution in [0.1, 0.15) is 51.0 Å². The van der Waals surface area contributed by atoms with Crippen LogP contribution in [-0.4, -0.2) is 25.1 Å². The van der Waals surface area contributed by atoms with Crippen LogP contribution < -0.4 is 9.47 Å². The van der Waals surface area contributed by atoms with Gasteiger partial charge >= 0.3 is 0 Å². The molecule has 0 aliphatic heterocycles. The normalized spacial score (nSPS) is 11.4. The molecule has 0 spiro atoms. The molecule has 0 aliphatic rings. The third-order valence-electron chi connectivity index (χ3n) is 3.36. The summed E-state index contributed by atoms with van der Waals surface area (Å²) in [5.41, 5.74) is 1.49. The largest absolute Gasteiger partial charge is 0.497 e. The standard InChI is InChI=1S/C16H25NO3/c1-4-5-6-7-8-9-15(17-18)14-11-10-13(19-2)12-16(14)20-3/h10-12,18H,4-9H2,1-3H3/b17-15+. The van der Waals surface area contributed by atoms with Gasteiger partial charge in [-0.1, -0.05) is 37.8 Å². The number of rotatable bonds is 9. The maximum Gasteiger partial charge on any atom is 0.131 e. The number of benzene rings is 1. The minimum Gasteiger partial charge on any atom is -0.497 e. The van der Waals surface area contributed by atoms with E-state index in [4.69, 9.17) is 9.47 Å². The fourth-order valence-corrected chi connectivity index (χ4v) is 2.17. The Labute approximate surface area is 121 Å². The van der Waals surface area contributed by atoms with Crippen LogP contribution in [0.4, 0.5) is 0 Å². The predicted molar refractivity (Wildman–Crippen MR) is 81.2 cm³/mol. The topological polar surface area (TPSA) is 51.1 Å². The Kier molecular flexibility index (Phi) is 7.55. The Hall–Kier alpha value is -1.71. The van der Waals surface area contributed by atoms with Gasteiger partial charge in [0.2, 0.25) is 0 Å². The lowest BCUT2D eigenvalue weighted by atomic mass is 10.0. The van der Waals surface area contributed by atoms with E-state index in [9.17, 15) is 5.21 Å². The highest BCUT2D eigenvalue weighted by atomic mass is 16.5. The predicted octanol–water partition coefficient (Wildman–Crippen LogP) is 4.24. The summed E-state index contributed by atoms with van der Waals surface area (Å²) in [5.74, 6) is 1.40. The minimum atomic E-state index is 0.668. The molecule has 0 amide bonds. The van der Waals surface area contributed by atoms with Crippen molar-refractivity contribution in [3.8, 4) is 11.5 Å². The van der Waals surface area contributed by atoms with Gasteiger partial charge in [-0.2, -0.15) is 0 Å². The summed E-state index contributed by atoms with van der Waals surface area (Å²) in [7, 11) is 3.22. The highest BCUT2D eigenvalue weighted by Crippen LogP contribution is 2.26. The molecule has 0 atom stereocenters. The first-order valence-electron chi connectivity index (χ1n) is 7.20. The number of nitrogens with zero attached hydrogens (tertiary/aromatic N) is 1. The zero-order valence-electron chi connectivity index (χ0n) is 12.7. The van der Waals surface area contributed by atoms with Gasteiger partial charge in [-0.25, -0.2) is 0 Å². The number of unbranched alkanes of at least 4 members (excludes halogenated alkanes) is 4. The number of hydrogen-bond donors (Lipinski definition) is 1. The van der Waals surface area contributed by atoms with E-state index in [0.717, 1.165) is 30.6 Å². The smallest absolute Gasteiger partial charge is 0.131 e. The van der Waals surface area contributed by atoms with Gasteiger partial charge in [-0.15, -0.1) is 0 Å². The lowest BCUT2D eigenvalue weighted by Gasteiger charge is -2.11. The average Bonchev–Trinajstić information content (AvgIpc) is 2.50. The summed E-state index contributed by atoms with van der Waals surface area (Å²) < 4.78 is 10.5. The maximum atomic E-state index is 9.23. The van der Waals surface area contributed by atoms with Crippen molar-refractivity contribution in [2.75, 3.05) is 14.2 Å². The Morgan fingerprint density at radius 2 is 1.85 bits per heavy atom. The van der Waals surface area contributed by atoms with E-state index in [1.54, 1.807) is 20.3 Å². The second-order valence-corrected chi connectivity index (χ2v) is 4.78. The van der Waals surface area contributed by atoms with Crippen LogP contribution >= 0.6 is 0 Å². The Balaban J connectivity index is 2.70. The van der Waals surface area contributed by atoms with Crippen LogP contribution in [0.5, 0.6) is 11.5 Å². The highest BCUT2D eigenvalue weighted by molar-refractivity contribution is 6.02. The van der Waals surface area contributed by atoms with Crippen molar-refractivity contribution in [3.63, 3.8) is 0 Å². The summed E-state index contributed by atoms with van der Waals surface area (Å²) >= 11 is 0. The van der Waals surface area contributed by atoms with E-state index in [0.29, 0.717) is 11.5 Å². The molecular formula is C16H25NO3. The third-order valence-corrected chi connectivity index (χ3v) is 3.36. The van der Waals surface area contributed by atoms with Crippen LogP contribution in [0.25, 0.3) is 0 Å². The number of ether oxygens (including phenoxy) is 2. The first-order valence-corrected chi connectivity index (χ1v) is 7.20. The van der Waals surface area contributed by atoms with E-state index in [-0.39, 0.29) is 0 Å². The molecule has 0 saturated carbocycles. The van der Waals surface area contributed by atoms with E-state index in [2.05, 4.69) is 12.1 Å². The monoisotopic (exact) mass is 279 g/mol. The summed E-state index contributed by atoms with van der Waals surface area (Å²) in [5, 5.41) is 12.7. The van der Waals surface area contributed by atoms with Gasteiger partial charge in [-0.3, -0.25) is 0 Å². The van der Waals surface area contributed by atoms with Crippen LogP contribution in [0.15, 0.2) is 23.4 Å². The fraction of sp³-hybridized carbons (Fsp3) is 0.562.